The van der Waals surface area contributed by atoms with Gasteiger partial charge in [0.2, 0.25) is 5.91 Å². The summed E-state index contributed by atoms with van der Waals surface area (Å²) in [7, 11) is 3.07. The lowest BCUT2D eigenvalue weighted by Crippen LogP contribution is -2.43. The van der Waals surface area contributed by atoms with Crippen LogP contribution in [0, 0.1) is 11.7 Å². The highest BCUT2D eigenvalue weighted by Gasteiger charge is 2.29. The Bertz CT molecular complexity index is 938. The third kappa shape index (κ3) is 5.47. The van der Waals surface area contributed by atoms with E-state index in [9.17, 15) is 14.0 Å². The monoisotopic (exact) mass is 448 g/mol. The van der Waals surface area contributed by atoms with Crippen LogP contribution in [0.5, 0.6) is 11.5 Å². The molecule has 6 nitrogen and oxygen atoms in total. The number of nitrogens with one attached hydrogen (secondary N) is 1. The molecule has 1 aliphatic rings. The van der Waals surface area contributed by atoms with Crippen LogP contribution in [0.4, 0.5) is 4.39 Å². The number of benzene rings is 2. The maximum atomic E-state index is 13.4. The normalized spacial score (nSPS) is 15.3. The number of carbonyl (C=O) groups is 2. The van der Waals surface area contributed by atoms with Crippen molar-refractivity contribution in [2.75, 3.05) is 27.3 Å². The number of ether oxygens (including phenoxy) is 2. The number of amides is 2. The Morgan fingerprint density at radius 2 is 1.71 bits per heavy atom. The van der Waals surface area contributed by atoms with E-state index in [2.05, 4.69) is 5.32 Å². The highest BCUT2D eigenvalue weighted by molar-refractivity contribution is 6.30. The van der Waals surface area contributed by atoms with Crippen LogP contribution in [0.15, 0.2) is 36.4 Å². The van der Waals surface area contributed by atoms with Crippen LogP contribution in [-0.4, -0.2) is 44.0 Å². The van der Waals surface area contributed by atoms with Gasteiger partial charge in [0.1, 0.15) is 17.3 Å². The van der Waals surface area contributed by atoms with Gasteiger partial charge in [0.15, 0.2) is 0 Å². The molecule has 1 heterocycles. The molecular formula is C23H26ClFN2O4. The zero-order chi connectivity index (χ0) is 22.5. The molecular weight excluding hydrogens is 423 g/mol. The summed E-state index contributed by atoms with van der Waals surface area (Å²) < 4.78 is 23.8. The van der Waals surface area contributed by atoms with Crippen LogP contribution in [-0.2, 0) is 4.79 Å². The van der Waals surface area contributed by atoms with E-state index in [4.69, 9.17) is 21.1 Å². The Hall–Kier alpha value is -2.80. The molecule has 0 radical (unpaired) electrons. The minimum absolute atomic E-state index is 0.0274. The third-order valence-corrected chi connectivity index (χ3v) is 5.84. The zero-order valence-corrected chi connectivity index (χ0v) is 18.5. The van der Waals surface area contributed by atoms with Gasteiger partial charge in [0, 0.05) is 30.6 Å². The van der Waals surface area contributed by atoms with Crippen molar-refractivity contribution >= 4 is 23.4 Å². The number of carbonyl (C=O) groups excluding carboxylic acids is 2. The van der Waals surface area contributed by atoms with Gasteiger partial charge in [0.05, 0.1) is 25.3 Å². The van der Waals surface area contributed by atoms with E-state index < -0.39 is 5.82 Å². The van der Waals surface area contributed by atoms with Crippen molar-refractivity contribution in [3.63, 3.8) is 0 Å². The Morgan fingerprint density at radius 1 is 1.10 bits per heavy atom. The first-order chi connectivity index (χ1) is 14.8. The molecule has 1 saturated heterocycles. The predicted octanol–water partition coefficient (Wildman–Crippen LogP) is 4.23. The van der Waals surface area contributed by atoms with Crippen molar-refractivity contribution < 1.29 is 23.5 Å². The molecule has 8 heteroatoms. The average Bonchev–Trinajstić information content (AvgIpc) is 2.79. The van der Waals surface area contributed by atoms with Crippen LogP contribution in [0.2, 0.25) is 5.02 Å². The fraction of sp³-hybridized carbons (Fsp3) is 0.391. The molecule has 2 aromatic rings. The lowest BCUT2D eigenvalue weighted by molar-refractivity contribution is -0.126. The van der Waals surface area contributed by atoms with E-state index in [1.807, 2.05) is 6.92 Å². The molecule has 0 saturated carbocycles. The van der Waals surface area contributed by atoms with Crippen LogP contribution in [0.1, 0.15) is 41.7 Å². The molecule has 2 amide bonds. The van der Waals surface area contributed by atoms with Crippen LogP contribution >= 0.6 is 11.6 Å². The summed E-state index contributed by atoms with van der Waals surface area (Å²) in [4.78, 5) is 27.3. The van der Waals surface area contributed by atoms with Crippen molar-refractivity contribution in [2.24, 2.45) is 5.92 Å². The largest absolute Gasteiger partial charge is 0.497 e. The highest BCUT2D eigenvalue weighted by atomic mass is 35.5. The van der Waals surface area contributed by atoms with Crippen molar-refractivity contribution in [2.45, 2.75) is 25.8 Å². The van der Waals surface area contributed by atoms with E-state index in [1.54, 1.807) is 29.2 Å². The molecule has 1 fully saturated rings. The summed E-state index contributed by atoms with van der Waals surface area (Å²) >= 11 is 5.84. The van der Waals surface area contributed by atoms with Gasteiger partial charge in [-0.15, -0.1) is 0 Å². The minimum Gasteiger partial charge on any atom is -0.497 e. The summed E-state index contributed by atoms with van der Waals surface area (Å²) in [5.41, 5.74) is 1.22. The van der Waals surface area contributed by atoms with Crippen molar-refractivity contribution in [3.8, 4) is 11.5 Å². The van der Waals surface area contributed by atoms with E-state index in [0.29, 0.717) is 43.0 Å². The second-order valence-corrected chi connectivity index (χ2v) is 7.98. The second-order valence-electron chi connectivity index (χ2n) is 7.57. The van der Waals surface area contributed by atoms with Gasteiger partial charge < -0.3 is 19.7 Å². The summed E-state index contributed by atoms with van der Waals surface area (Å²) in [5.74, 6) is 0.212. The fourth-order valence-corrected chi connectivity index (χ4v) is 3.84. The second kappa shape index (κ2) is 10.0. The first-order valence-corrected chi connectivity index (χ1v) is 10.5. The van der Waals surface area contributed by atoms with Gasteiger partial charge in [-0.1, -0.05) is 17.7 Å². The Balaban J connectivity index is 1.58. The average molecular weight is 449 g/mol. The quantitative estimate of drug-likeness (QED) is 0.718. The molecule has 1 aliphatic heterocycles. The lowest BCUT2D eigenvalue weighted by Gasteiger charge is -2.32. The third-order valence-electron chi connectivity index (χ3n) is 5.55. The molecule has 3 rings (SSSR count). The Morgan fingerprint density at radius 3 is 2.26 bits per heavy atom. The number of methoxy groups -OCH3 is 2. The van der Waals surface area contributed by atoms with Gasteiger partial charge in [-0.3, -0.25) is 9.59 Å². The molecule has 1 atom stereocenters. The van der Waals surface area contributed by atoms with Gasteiger partial charge in [-0.05, 0) is 49.6 Å². The van der Waals surface area contributed by atoms with Gasteiger partial charge in [-0.2, -0.15) is 0 Å². The van der Waals surface area contributed by atoms with E-state index in [0.717, 1.165) is 5.56 Å². The zero-order valence-electron chi connectivity index (χ0n) is 17.8. The van der Waals surface area contributed by atoms with E-state index >= 15 is 0 Å². The number of nitrogens with zero attached hydrogens (tertiary/aromatic N) is 1. The van der Waals surface area contributed by atoms with Crippen molar-refractivity contribution in [1.82, 2.24) is 10.2 Å². The highest BCUT2D eigenvalue weighted by Crippen LogP contribution is 2.26. The molecule has 31 heavy (non-hydrogen) atoms. The topological polar surface area (TPSA) is 67.9 Å². The van der Waals surface area contributed by atoms with Crippen LogP contribution in [0.25, 0.3) is 0 Å². The standard InChI is InChI=1S/C23H26ClFN2O4/c1-14(16-4-5-21(25)20(24)12-16)26-22(28)15-6-8-27(9-7-15)23(29)17-10-18(30-2)13-19(11-17)31-3/h4-5,10-15H,6-9H2,1-3H3,(H,26,28). The summed E-state index contributed by atoms with van der Waals surface area (Å²) in [6.07, 6.45) is 1.13. The number of hydrogen-bond donors (Lipinski definition) is 1. The van der Waals surface area contributed by atoms with Gasteiger partial charge >= 0.3 is 0 Å². The summed E-state index contributed by atoms with van der Waals surface area (Å²) in [6.45, 7) is 2.79. The van der Waals surface area contributed by atoms with Crippen LogP contribution < -0.4 is 14.8 Å². The maximum Gasteiger partial charge on any atom is 0.254 e. The number of likely N-dealkylation sites (tertiary alicyclic amines) is 1. The summed E-state index contributed by atoms with van der Waals surface area (Å²) in [6, 6.07) is 9.19. The van der Waals surface area contributed by atoms with E-state index in [1.165, 1.54) is 26.4 Å². The predicted molar refractivity (Wildman–Crippen MR) is 116 cm³/mol. The van der Waals surface area contributed by atoms with Gasteiger partial charge in [-0.25, -0.2) is 4.39 Å². The number of hydrogen-bond acceptors (Lipinski definition) is 4. The first-order valence-electron chi connectivity index (χ1n) is 10.1. The van der Waals surface area contributed by atoms with Crippen molar-refractivity contribution in [3.05, 3.63) is 58.4 Å². The molecule has 0 aromatic heterocycles. The number of piperidine rings is 1. The summed E-state index contributed by atoms with van der Waals surface area (Å²) in [5, 5.41) is 2.99. The molecule has 0 aliphatic carbocycles. The molecule has 1 unspecified atom stereocenters. The van der Waals surface area contributed by atoms with E-state index in [-0.39, 0.29) is 28.8 Å². The van der Waals surface area contributed by atoms with Crippen LogP contribution in [0.3, 0.4) is 0 Å². The Labute approximate surface area is 186 Å². The smallest absolute Gasteiger partial charge is 0.254 e. The fourth-order valence-electron chi connectivity index (χ4n) is 3.65. The minimum atomic E-state index is -0.491. The molecule has 166 valence electrons. The number of halogens is 2. The molecule has 0 spiro atoms. The number of rotatable bonds is 6. The first kappa shape index (κ1) is 22.9. The lowest BCUT2D eigenvalue weighted by atomic mass is 9.94. The van der Waals surface area contributed by atoms with Gasteiger partial charge in [0.25, 0.3) is 5.91 Å². The molecule has 0 bridgehead atoms. The molecule has 1 N–H and O–H groups in total. The SMILES string of the molecule is COc1cc(OC)cc(C(=O)N2CCC(C(=O)NC(C)c3ccc(F)c(Cl)c3)CC2)c1. The Kier molecular flexibility index (Phi) is 7.38. The van der Waals surface area contributed by atoms with Crippen molar-refractivity contribution in [1.29, 1.82) is 0 Å². The maximum absolute atomic E-state index is 13.4. The molecule has 2 aromatic carbocycles.